The topological polar surface area (TPSA) is 67.4 Å². The summed E-state index contributed by atoms with van der Waals surface area (Å²) in [6.07, 6.45) is 7.15. The molecule has 0 bridgehead atoms. The molecule has 0 heterocycles. The zero-order valence-electron chi connectivity index (χ0n) is 12.1. The van der Waals surface area contributed by atoms with Gasteiger partial charge in [-0.25, -0.2) is 9.59 Å². The van der Waals surface area contributed by atoms with E-state index in [0.717, 1.165) is 25.9 Å². The van der Waals surface area contributed by atoms with Gasteiger partial charge in [0.15, 0.2) is 0 Å². The fraction of sp³-hybridized carbons (Fsp3) is 0.833. The Kier molecular flexibility index (Phi) is 39.6. The fourth-order valence-electron chi connectivity index (χ4n) is 1.61. The van der Waals surface area contributed by atoms with Crippen LogP contribution in [-0.4, -0.2) is 24.9 Å². The molecule has 8 heteroatoms. The lowest BCUT2D eigenvalue weighted by Crippen LogP contribution is -3.00. The van der Waals surface area contributed by atoms with E-state index >= 15 is 0 Å². The second-order valence-corrected chi connectivity index (χ2v) is 4.33. The number of primary amides is 2. The Morgan fingerprint density at radius 2 is 0.850 bits per heavy atom. The van der Waals surface area contributed by atoms with Crippen LogP contribution in [0.2, 0.25) is 0 Å². The average molecular weight is 372 g/mol. The molecular weight excluding hydrogens is 346 g/mol. The van der Waals surface area contributed by atoms with Crippen molar-refractivity contribution in [3.05, 3.63) is 0 Å². The van der Waals surface area contributed by atoms with Crippen molar-refractivity contribution in [2.45, 2.75) is 52.4 Å². The largest absolute Gasteiger partial charge is 1.00 e. The molecule has 0 aliphatic rings. The van der Waals surface area contributed by atoms with Gasteiger partial charge in [0.2, 0.25) is 0 Å². The van der Waals surface area contributed by atoms with Gasteiger partial charge in [0.05, 0.1) is 26.9 Å². The number of halogens is 4. The Bertz CT molecular complexity index is 198. The number of hydrogen-bond donors (Lipinski definition) is 2. The number of quaternary nitrogens is 2. The van der Waals surface area contributed by atoms with E-state index in [4.69, 9.17) is 0 Å². The summed E-state index contributed by atoms with van der Waals surface area (Å²) in [6.45, 7) is 5.05. The van der Waals surface area contributed by atoms with Crippen molar-refractivity contribution in [1.29, 1.82) is 0 Å². The summed E-state index contributed by atoms with van der Waals surface area (Å²) in [6, 6.07) is 0. The molecule has 0 unspecified atom stereocenters. The van der Waals surface area contributed by atoms with Crippen molar-refractivity contribution >= 4 is 11.8 Å². The molecule has 0 saturated carbocycles. The standard InChI is InChI=1S/C12H24N2O2.4ClH/c1-11(15)13-9-7-5-3-4-6-8-10-14-12(2)16;;;;/h3-10H2,1-2H3,(H,13,15)(H,14,16);4*1H/p-2. The van der Waals surface area contributed by atoms with Gasteiger partial charge < -0.3 is 49.6 Å². The number of hydrogen-bond acceptors (Lipinski definition) is 2. The third kappa shape index (κ3) is 31.0. The molecule has 0 aliphatic carbocycles. The number of carbonyl (C=O) groups excluding carboxylic acids is 2. The van der Waals surface area contributed by atoms with E-state index in [1.54, 1.807) is 24.5 Å². The van der Waals surface area contributed by atoms with Crippen molar-refractivity contribution in [3.63, 3.8) is 0 Å². The number of rotatable bonds is 9. The third-order valence-corrected chi connectivity index (χ3v) is 2.52. The minimum Gasteiger partial charge on any atom is -1.00 e. The van der Waals surface area contributed by atoms with E-state index in [-0.39, 0.29) is 61.4 Å². The lowest BCUT2D eigenvalue weighted by atomic mass is 10.1. The monoisotopic (exact) mass is 370 g/mol. The van der Waals surface area contributed by atoms with Crippen LogP contribution in [0.4, 0.5) is 0 Å². The molecule has 4 nitrogen and oxygen atoms in total. The van der Waals surface area contributed by atoms with E-state index in [0.29, 0.717) is 0 Å². The minimum atomic E-state index is 0. The number of amides is 2. The molecule has 2 amide bonds. The van der Waals surface area contributed by atoms with Crippen LogP contribution in [0.1, 0.15) is 52.4 Å². The lowest BCUT2D eigenvalue weighted by molar-refractivity contribution is -0.568. The highest BCUT2D eigenvalue weighted by molar-refractivity contribution is 5.61. The van der Waals surface area contributed by atoms with Gasteiger partial charge in [-0.3, -0.25) is 10.6 Å². The summed E-state index contributed by atoms with van der Waals surface area (Å²) >= 11 is 0. The third-order valence-electron chi connectivity index (χ3n) is 2.52. The van der Waals surface area contributed by atoms with Crippen LogP contribution in [0.15, 0.2) is 0 Å². The predicted molar refractivity (Wildman–Crippen MR) is 62.6 cm³/mol. The molecule has 4 N–H and O–H groups in total. The van der Waals surface area contributed by atoms with E-state index in [9.17, 15) is 9.59 Å². The van der Waals surface area contributed by atoms with E-state index in [2.05, 4.69) is 0 Å². The maximum Gasteiger partial charge on any atom is 0.307 e. The molecule has 0 aromatic carbocycles. The number of nitrogens with two attached hydrogens (primary N) is 2. The van der Waals surface area contributed by atoms with Crippen LogP contribution >= 0.6 is 0 Å². The zero-order chi connectivity index (χ0) is 12.2. The molecule has 0 aromatic rings. The highest BCUT2D eigenvalue weighted by Crippen LogP contribution is 2.03. The second kappa shape index (κ2) is 24.4. The van der Waals surface area contributed by atoms with Crippen molar-refractivity contribution in [1.82, 2.24) is 0 Å². The van der Waals surface area contributed by atoms with Crippen molar-refractivity contribution in [3.8, 4) is 0 Å². The van der Waals surface area contributed by atoms with Crippen LogP contribution in [0.25, 0.3) is 0 Å². The highest BCUT2D eigenvalue weighted by atomic mass is 35.5. The fourth-order valence-corrected chi connectivity index (χ4v) is 1.61. The predicted octanol–water partition coefficient (Wildman–Crippen LogP) is -12.4. The van der Waals surface area contributed by atoms with Crippen LogP contribution in [0, 0.1) is 0 Å². The molecule has 0 radical (unpaired) electrons. The highest BCUT2D eigenvalue weighted by Gasteiger charge is 1.98. The quantitative estimate of drug-likeness (QED) is 0.395. The Balaban J connectivity index is -0.000000187. The first-order valence-corrected chi connectivity index (χ1v) is 6.30. The Hall–Kier alpha value is 0.420. The lowest BCUT2D eigenvalue weighted by Gasteiger charge is -2.00. The summed E-state index contributed by atoms with van der Waals surface area (Å²) in [4.78, 5) is 21.2. The molecule has 0 rings (SSSR count). The van der Waals surface area contributed by atoms with Crippen LogP contribution in [0.5, 0.6) is 0 Å². The maximum absolute atomic E-state index is 10.6. The van der Waals surface area contributed by atoms with Gasteiger partial charge in [0.1, 0.15) is 0 Å². The second-order valence-electron chi connectivity index (χ2n) is 4.33. The first kappa shape index (κ1) is 32.4. The van der Waals surface area contributed by atoms with Crippen LogP contribution < -0.4 is 60.3 Å². The van der Waals surface area contributed by atoms with Gasteiger partial charge >= 0.3 is 11.8 Å². The average Bonchev–Trinajstić information content (AvgIpc) is 2.20. The summed E-state index contributed by atoms with van der Waals surface area (Å²) < 4.78 is 0. The van der Waals surface area contributed by atoms with Crippen molar-refractivity contribution in [2.75, 3.05) is 13.1 Å². The smallest absolute Gasteiger partial charge is 0.307 e. The Morgan fingerprint density at radius 3 is 1.10 bits per heavy atom. The van der Waals surface area contributed by atoms with E-state index in [1.165, 1.54) is 25.7 Å². The molecule has 126 valence electrons. The molecule has 0 atom stereocenters. The van der Waals surface area contributed by atoms with Gasteiger partial charge in [-0.2, -0.15) is 0 Å². The van der Waals surface area contributed by atoms with Gasteiger partial charge in [-0.1, -0.05) is 12.8 Å². The first-order valence-electron chi connectivity index (χ1n) is 6.30. The summed E-state index contributed by atoms with van der Waals surface area (Å²) in [7, 11) is 0. The van der Waals surface area contributed by atoms with E-state index in [1.807, 2.05) is 0 Å². The maximum atomic E-state index is 10.6. The Labute approximate surface area is 147 Å². The molecule has 0 aromatic heterocycles. The Morgan fingerprint density at radius 1 is 0.600 bits per heavy atom. The van der Waals surface area contributed by atoms with Gasteiger partial charge in [-0.05, 0) is 25.7 Å². The van der Waals surface area contributed by atoms with Crippen LogP contribution in [-0.2, 0) is 9.59 Å². The molecule has 0 saturated heterocycles. The number of unbranched alkanes of at least 4 members (excludes halogenated alkanes) is 5. The van der Waals surface area contributed by atoms with Crippen molar-refractivity contribution < 1.29 is 69.9 Å². The summed E-state index contributed by atoms with van der Waals surface area (Å²) in [5.41, 5.74) is 0. The molecule has 20 heavy (non-hydrogen) atoms. The molecule has 0 fully saturated rings. The SMILES string of the molecule is CC(=O)[NH2+]CCCCCCCC[NH2+]C(C)=O.[Cl-].[Cl-].[Cl-].[Cl-]. The molecule has 0 spiro atoms. The number of carbonyl (C=O) groups is 2. The normalized spacial score (nSPS) is 8.30. The molecular formula is C12H26Cl4N2O2-2. The molecule has 0 aliphatic heterocycles. The van der Waals surface area contributed by atoms with Crippen LogP contribution in [0.3, 0.4) is 0 Å². The minimum absolute atomic E-state index is 0. The van der Waals surface area contributed by atoms with Gasteiger partial charge in [0.25, 0.3) is 0 Å². The zero-order valence-corrected chi connectivity index (χ0v) is 15.2. The summed E-state index contributed by atoms with van der Waals surface area (Å²) in [5, 5.41) is 3.53. The van der Waals surface area contributed by atoms with Gasteiger partial charge in [0, 0.05) is 0 Å². The van der Waals surface area contributed by atoms with Gasteiger partial charge in [-0.15, -0.1) is 0 Å². The summed E-state index contributed by atoms with van der Waals surface area (Å²) in [5.74, 6) is 0.361. The van der Waals surface area contributed by atoms with Crippen molar-refractivity contribution in [2.24, 2.45) is 0 Å². The van der Waals surface area contributed by atoms with E-state index < -0.39 is 0 Å². The first-order chi connectivity index (χ1) is 7.63.